The number of guanidine groups is 1. The van der Waals surface area contributed by atoms with Gasteiger partial charge in [0, 0.05) is 38.8 Å². The molecule has 1 aliphatic rings. The molecular formula is C19H31N3O3. The molecule has 1 aromatic rings. The highest BCUT2D eigenvalue weighted by Gasteiger charge is 2.34. The molecule has 1 aromatic carbocycles. The summed E-state index contributed by atoms with van der Waals surface area (Å²) in [6.45, 7) is 3.30. The van der Waals surface area contributed by atoms with Crippen LogP contribution in [0.1, 0.15) is 24.8 Å². The van der Waals surface area contributed by atoms with Crippen LogP contribution in [0.2, 0.25) is 0 Å². The second kappa shape index (κ2) is 10.3. The number of aliphatic hydroxyl groups is 1. The fraction of sp³-hybridized carbons (Fsp3) is 0.632. The summed E-state index contributed by atoms with van der Waals surface area (Å²) in [4.78, 5) is 4.28. The van der Waals surface area contributed by atoms with Crippen molar-refractivity contribution in [3.8, 4) is 5.75 Å². The van der Waals surface area contributed by atoms with Crippen LogP contribution in [0.4, 0.5) is 0 Å². The van der Waals surface area contributed by atoms with Crippen molar-refractivity contribution in [2.75, 3.05) is 47.1 Å². The van der Waals surface area contributed by atoms with Crippen molar-refractivity contribution < 1.29 is 14.6 Å². The third-order valence-corrected chi connectivity index (χ3v) is 4.78. The lowest BCUT2D eigenvalue weighted by Gasteiger charge is -2.27. The molecule has 140 valence electrons. The highest BCUT2D eigenvalue weighted by atomic mass is 16.5. The number of methoxy groups -OCH3 is 1. The van der Waals surface area contributed by atoms with E-state index in [0.717, 1.165) is 57.1 Å². The Kier molecular flexibility index (Phi) is 8.01. The summed E-state index contributed by atoms with van der Waals surface area (Å²) in [5.74, 6) is 1.69. The van der Waals surface area contributed by atoms with Crippen molar-refractivity contribution >= 4 is 5.96 Å². The fourth-order valence-corrected chi connectivity index (χ4v) is 3.10. The van der Waals surface area contributed by atoms with Crippen LogP contribution in [0.5, 0.6) is 5.75 Å². The Morgan fingerprint density at radius 1 is 1.32 bits per heavy atom. The van der Waals surface area contributed by atoms with E-state index < -0.39 is 0 Å². The predicted molar refractivity (Wildman–Crippen MR) is 100 cm³/mol. The van der Waals surface area contributed by atoms with E-state index in [2.05, 4.69) is 27.8 Å². The first-order valence-electron chi connectivity index (χ1n) is 8.97. The van der Waals surface area contributed by atoms with Crippen LogP contribution in [0.15, 0.2) is 29.3 Å². The van der Waals surface area contributed by atoms with Gasteiger partial charge in [-0.25, -0.2) is 0 Å². The summed E-state index contributed by atoms with van der Waals surface area (Å²) in [6.07, 6.45) is 3.78. The van der Waals surface area contributed by atoms with Gasteiger partial charge in [0.05, 0.1) is 13.7 Å². The Labute approximate surface area is 150 Å². The second-order valence-corrected chi connectivity index (χ2v) is 6.58. The Morgan fingerprint density at radius 2 is 2.12 bits per heavy atom. The minimum atomic E-state index is 0.0233. The molecule has 3 N–H and O–H groups in total. The molecule has 1 atom stereocenters. The van der Waals surface area contributed by atoms with E-state index >= 15 is 0 Å². The van der Waals surface area contributed by atoms with Crippen molar-refractivity contribution in [1.82, 2.24) is 10.6 Å². The Bertz CT molecular complexity index is 525. The molecule has 1 heterocycles. The van der Waals surface area contributed by atoms with Crippen LogP contribution < -0.4 is 15.4 Å². The summed E-state index contributed by atoms with van der Waals surface area (Å²) in [7, 11) is 3.46. The van der Waals surface area contributed by atoms with Gasteiger partial charge in [0.25, 0.3) is 0 Å². The van der Waals surface area contributed by atoms with Crippen LogP contribution in [0, 0.1) is 5.41 Å². The minimum Gasteiger partial charge on any atom is -0.497 e. The molecule has 1 fully saturated rings. The van der Waals surface area contributed by atoms with Crippen molar-refractivity contribution in [2.45, 2.75) is 25.7 Å². The maximum atomic E-state index is 9.29. The van der Waals surface area contributed by atoms with E-state index in [1.807, 2.05) is 12.1 Å². The number of aryl methyl sites for hydroxylation is 1. The molecular weight excluding hydrogens is 318 g/mol. The van der Waals surface area contributed by atoms with Gasteiger partial charge in [-0.2, -0.15) is 0 Å². The Hall–Kier alpha value is -1.79. The fourth-order valence-electron chi connectivity index (χ4n) is 3.10. The monoisotopic (exact) mass is 349 g/mol. The number of hydrogen-bond acceptors (Lipinski definition) is 4. The lowest BCUT2D eigenvalue weighted by atomic mass is 9.84. The normalized spacial score (nSPS) is 20.5. The number of aliphatic hydroxyl groups excluding tert-OH is 1. The van der Waals surface area contributed by atoms with E-state index in [1.165, 1.54) is 5.56 Å². The molecule has 25 heavy (non-hydrogen) atoms. The number of nitrogens with one attached hydrogen (secondary N) is 2. The van der Waals surface area contributed by atoms with Crippen LogP contribution >= 0.6 is 0 Å². The first kappa shape index (κ1) is 19.5. The van der Waals surface area contributed by atoms with Crippen LogP contribution in [-0.2, 0) is 11.2 Å². The molecule has 0 aromatic heterocycles. The summed E-state index contributed by atoms with van der Waals surface area (Å²) < 4.78 is 10.7. The van der Waals surface area contributed by atoms with Crippen molar-refractivity contribution in [3.63, 3.8) is 0 Å². The SMILES string of the molecule is CN=C(NCCCc1ccc(OC)cc1)NCC1(CCO)CCOC1. The summed E-state index contributed by atoms with van der Waals surface area (Å²) >= 11 is 0. The van der Waals surface area contributed by atoms with Gasteiger partial charge in [0.2, 0.25) is 0 Å². The maximum absolute atomic E-state index is 9.29. The molecule has 0 spiro atoms. The van der Waals surface area contributed by atoms with Crippen LogP contribution in [0.25, 0.3) is 0 Å². The third kappa shape index (κ3) is 6.21. The molecule has 0 radical (unpaired) electrons. The van der Waals surface area contributed by atoms with Gasteiger partial charge in [0.15, 0.2) is 5.96 Å². The van der Waals surface area contributed by atoms with Crippen molar-refractivity contribution in [2.24, 2.45) is 10.4 Å². The third-order valence-electron chi connectivity index (χ3n) is 4.78. The standard InChI is InChI=1S/C19H31N3O3/c1-20-18(22-14-19(9-12-23)10-13-25-15-19)21-11-3-4-16-5-7-17(24-2)8-6-16/h5-8,23H,3-4,9-15H2,1-2H3,(H2,20,21,22). The van der Waals surface area contributed by atoms with E-state index in [-0.39, 0.29) is 12.0 Å². The Morgan fingerprint density at radius 3 is 2.72 bits per heavy atom. The minimum absolute atomic E-state index is 0.0233. The lowest BCUT2D eigenvalue weighted by molar-refractivity contribution is 0.127. The van der Waals surface area contributed by atoms with E-state index in [1.54, 1.807) is 14.2 Å². The van der Waals surface area contributed by atoms with Crippen LogP contribution in [-0.4, -0.2) is 58.1 Å². The number of nitrogens with zero attached hydrogens (tertiary/aromatic N) is 1. The molecule has 1 unspecified atom stereocenters. The average Bonchev–Trinajstić information content (AvgIpc) is 3.11. The number of hydrogen-bond donors (Lipinski definition) is 3. The van der Waals surface area contributed by atoms with Gasteiger partial charge in [0.1, 0.15) is 5.75 Å². The quantitative estimate of drug-likeness (QED) is 0.359. The van der Waals surface area contributed by atoms with E-state index in [0.29, 0.717) is 6.61 Å². The van der Waals surface area contributed by atoms with Gasteiger partial charge in [-0.05, 0) is 43.4 Å². The van der Waals surface area contributed by atoms with Gasteiger partial charge in [-0.3, -0.25) is 4.99 Å². The van der Waals surface area contributed by atoms with Crippen molar-refractivity contribution in [1.29, 1.82) is 0 Å². The molecule has 6 nitrogen and oxygen atoms in total. The number of aliphatic imine (C=N–C) groups is 1. The first-order chi connectivity index (χ1) is 12.2. The van der Waals surface area contributed by atoms with Gasteiger partial charge >= 0.3 is 0 Å². The predicted octanol–water partition coefficient (Wildman–Crippen LogP) is 1.58. The maximum Gasteiger partial charge on any atom is 0.190 e. The largest absolute Gasteiger partial charge is 0.497 e. The highest BCUT2D eigenvalue weighted by molar-refractivity contribution is 5.79. The molecule has 1 saturated heterocycles. The highest BCUT2D eigenvalue weighted by Crippen LogP contribution is 2.31. The van der Waals surface area contributed by atoms with Crippen LogP contribution in [0.3, 0.4) is 0 Å². The summed E-state index contributed by atoms with van der Waals surface area (Å²) in [5.41, 5.74) is 1.32. The van der Waals surface area contributed by atoms with E-state index in [4.69, 9.17) is 9.47 Å². The lowest BCUT2D eigenvalue weighted by Crippen LogP contribution is -2.44. The summed E-state index contributed by atoms with van der Waals surface area (Å²) in [6, 6.07) is 8.19. The zero-order valence-corrected chi connectivity index (χ0v) is 15.4. The average molecular weight is 349 g/mol. The van der Waals surface area contributed by atoms with Crippen molar-refractivity contribution in [3.05, 3.63) is 29.8 Å². The topological polar surface area (TPSA) is 75.1 Å². The summed E-state index contributed by atoms with van der Waals surface area (Å²) in [5, 5.41) is 16.0. The smallest absolute Gasteiger partial charge is 0.190 e. The Balaban J connectivity index is 1.69. The number of benzene rings is 1. The molecule has 1 aliphatic heterocycles. The van der Waals surface area contributed by atoms with Gasteiger partial charge in [-0.1, -0.05) is 12.1 Å². The zero-order valence-electron chi connectivity index (χ0n) is 15.4. The molecule has 0 aliphatic carbocycles. The second-order valence-electron chi connectivity index (χ2n) is 6.58. The molecule has 6 heteroatoms. The zero-order chi connectivity index (χ0) is 18.0. The van der Waals surface area contributed by atoms with E-state index in [9.17, 15) is 5.11 Å². The molecule has 0 amide bonds. The first-order valence-corrected chi connectivity index (χ1v) is 8.97. The van der Waals surface area contributed by atoms with Gasteiger partial charge in [-0.15, -0.1) is 0 Å². The molecule has 2 rings (SSSR count). The number of ether oxygens (including phenoxy) is 2. The molecule has 0 saturated carbocycles. The molecule has 0 bridgehead atoms. The number of rotatable bonds is 9. The van der Waals surface area contributed by atoms with Gasteiger partial charge < -0.3 is 25.2 Å².